The number of carbonyl (C=O) groups is 1. The number of aliphatic carboxylic acids is 1. The van der Waals surface area contributed by atoms with Crippen LogP contribution in [0.5, 0.6) is 0 Å². The Labute approximate surface area is 98.1 Å². The van der Waals surface area contributed by atoms with E-state index in [1.807, 2.05) is 0 Å². The Morgan fingerprint density at radius 1 is 1.67 bits per heavy atom. The van der Waals surface area contributed by atoms with E-state index in [4.69, 9.17) is 16.7 Å². The molecule has 6 heteroatoms. The summed E-state index contributed by atoms with van der Waals surface area (Å²) in [5.41, 5.74) is 0. The van der Waals surface area contributed by atoms with Crippen LogP contribution in [-0.4, -0.2) is 45.3 Å². The number of carboxylic acid groups (broad SMARTS) is 1. The minimum absolute atomic E-state index is 0. The molecule has 0 atom stereocenters. The summed E-state index contributed by atoms with van der Waals surface area (Å²) in [6, 6.07) is 0. The van der Waals surface area contributed by atoms with Gasteiger partial charge >= 0.3 is 63.9 Å². The van der Waals surface area contributed by atoms with Gasteiger partial charge in [0.25, 0.3) is 0 Å². The number of alkyl halides is 1. The van der Waals surface area contributed by atoms with E-state index in [-0.39, 0.29) is 43.3 Å². The first kappa shape index (κ1) is 17.0. The molecule has 0 unspecified atom stereocenters. The molecule has 0 amide bonds. The predicted molar refractivity (Wildman–Crippen MR) is 38.4 cm³/mol. The molecule has 0 aromatic heterocycles. The molecule has 0 spiro atoms. The zero-order chi connectivity index (χ0) is 6.99. The van der Waals surface area contributed by atoms with Gasteiger partial charge in [-0.25, -0.2) is 0 Å². The second-order valence-electron chi connectivity index (χ2n) is 0.833. The summed E-state index contributed by atoms with van der Waals surface area (Å²) in [5.74, 6) is -0.639. The van der Waals surface area contributed by atoms with Crippen LogP contribution in [0, 0.1) is 0 Å². The molecule has 0 heterocycles. The Morgan fingerprint density at radius 3 is 2.00 bits per heavy atom. The van der Waals surface area contributed by atoms with Gasteiger partial charge in [-0.15, -0.1) is 11.6 Å². The molecule has 0 aliphatic heterocycles. The second kappa shape index (κ2) is 16.4. The van der Waals surface area contributed by atoms with Crippen LogP contribution >= 0.6 is 11.6 Å². The van der Waals surface area contributed by atoms with Gasteiger partial charge in [-0.3, -0.25) is 4.79 Å². The average Bonchev–Trinajstić information content (AvgIpc) is 1.72. The Hall–Kier alpha value is 1.80. The number of hydrogen-bond acceptors (Lipinski definition) is 1. The van der Waals surface area contributed by atoms with Gasteiger partial charge in [0.05, 0.1) is 6.42 Å². The summed E-state index contributed by atoms with van der Waals surface area (Å²) in [7, 11) is 0. The molecule has 0 saturated heterocycles. The van der Waals surface area contributed by atoms with Crippen molar-refractivity contribution in [3.8, 4) is 0 Å². The van der Waals surface area contributed by atoms with Crippen LogP contribution in [0.2, 0.25) is 0 Å². The fourth-order valence-corrected chi connectivity index (χ4v) is 0.243. The summed E-state index contributed by atoms with van der Waals surface area (Å²) >= 11 is 9.52. The van der Waals surface area contributed by atoms with Crippen LogP contribution in [0.15, 0.2) is 0 Å². The Morgan fingerprint density at radius 2 is 2.00 bits per heavy atom. The molecule has 0 saturated carbocycles. The summed E-state index contributed by atoms with van der Waals surface area (Å²) in [6.07, 6.45) is 0.0571. The number of hydrogen-bond donors (Lipinski definition) is 1. The van der Waals surface area contributed by atoms with E-state index in [0.29, 0.717) is 0 Å². The summed E-state index contributed by atoms with van der Waals surface area (Å²) in [5, 5.41) is 7.83. The van der Waals surface area contributed by atoms with Crippen LogP contribution < -0.4 is 29.6 Å². The molecule has 0 radical (unpaired) electrons. The fourth-order valence-electron chi connectivity index (χ4n) is 0.0808. The van der Waals surface area contributed by atoms with Crippen molar-refractivity contribution >= 4 is 45.9 Å². The minimum atomic E-state index is -0.843. The predicted octanol–water partition coefficient (Wildman–Crippen LogP) is -3.48. The Balaban J connectivity index is -0.0000000412. The van der Waals surface area contributed by atoms with Crippen LogP contribution in [0.3, 0.4) is 0 Å². The van der Waals surface area contributed by atoms with Crippen molar-refractivity contribution in [2.45, 2.75) is 6.42 Å². The van der Waals surface area contributed by atoms with E-state index >= 15 is 0 Å². The van der Waals surface area contributed by atoms with Crippen molar-refractivity contribution in [2.75, 3.05) is 5.88 Å². The van der Waals surface area contributed by atoms with Gasteiger partial charge in [-0.1, -0.05) is 0 Å². The molecule has 0 aromatic rings. The van der Waals surface area contributed by atoms with Crippen LogP contribution in [0.25, 0.3) is 0 Å². The molecule has 0 aliphatic carbocycles. The van der Waals surface area contributed by atoms with E-state index in [2.05, 4.69) is 28.4 Å². The average molecular weight is 292 g/mol. The summed E-state index contributed by atoms with van der Waals surface area (Å²) in [4.78, 5) is 9.51. The van der Waals surface area contributed by atoms with Crippen molar-refractivity contribution in [1.29, 1.82) is 0 Å². The van der Waals surface area contributed by atoms with Crippen molar-refractivity contribution in [1.82, 2.24) is 0 Å². The van der Waals surface area contributed by atoms with Gasteiger partial charge in [0.1, 0.15) is 0 Å². The zero-order valence-corrected chi connectivity index (χ0v) is 11.6. The third kappa shape index (κ3) is 25.9. The molecule has 0 fully saturated rings. The fraction of sp³-hybridized carbons (Fsp3) is 0.667. The first-order valence-electron chi connectivity index (χ1n) is 1.75. The third-order valence-corrected chi connectivity index (χ3v) is 0.497. The van der Waals surface area contributed by atoms with Crippen LogP contribution in [0.1, 0.15) is 7.85 Å². The van der Waals surface area contributed by atoms with Gasteiger partial charge in [0, 0.05) is 5.88 Å². The second-order valence-corrected chi connectivity index (χ2v) is 1.21. The molecular formula is C3H8ClNaO2Se2. The van der Waals surface area contributed by atoms with Gasteiger partial charge < -0.3 is 6.53 Å². The SMILES string of the molecule is O=C(O)CCCl.[H-].[Na+].[SeH][SeH]. The topological polar surface area (TPSA) is 37.3 Å². The quantitative estimate of drug-likeness (QED) is 0.424. The molecule has 2 nitrogen and oxygen atoms in total. The molecular weight excluding hydrogens is 284 g/mol. The van der Waals surface area contributed by atoms with E-state index < -0.39 is 5.97 Å². The Kier molecular flexibility index (Phi) is 31.1. The molecule has 0 bridgehead atoms. The maximum absolute atomic E-state index is 9.51. The standard InChI is InChI=1S/C3H5ClO2.Na.H2Se2.H/c4-2-1-3(5)6;;1-2;/h1-2H2,(H,5,6);;1-2H;/q;+1;;-1. The van der Waals surface area contributed by atoms with E-state index in [9.17, 15) is 4.79 Å². The van der Waals surface area contributed by atoms with Crippen LogP contribution in [0.4, 0.5) is 0 Å². The first-order valence-corrected chi connectivity index (χ1v) is 7.48. The molecule has 0 rings (SSSR count). The molecule has 52 valence electrons. The third-order valence-electron chi connectivity index (χ3n) is 0.308. The van der Waals surface area contributed by atoms with E-state index in [0.717, 1.165) is 0 Å². The molecule has 0 aromatic carbocycles. The van der Waals surface area contributed by atoms with Crippen LogP contribution in [-0.2, 0) is 4.79 Å². The van der Waals surface area contributed by atoms with Crippen molar-refractivity contribution < 1.29 is 40.9 Å². The van der Waals surface area contributed by atoms with Crippen molar-refractivity contribution in [2.24, 2.45) is 0 Å². The summed E-state index contributed by atoms with van der Waals surface area (Å²) in [6.45, 7) is 0. The number of carboxylic acids is 1. The monoisotopic (exact) mass is 294 g/mol. The summed E-state index contributed by atoms with van der Waals surface area (Å²) < 4.78 is 0. The van der Waals surface area contributed by atoms with Gasteiger partial charge in [0.2, 0.25) is 0 Å². The zero-order valence-electron chi connectivity index (χ0n) is 6.04. The van der Waals surface area contributed by atoms with Crippen molar-refractivity contribution in [3.63, 3.8) is 0 Å². The molecule has 1 N–H and O–H groups in total. The normalized spacial score (nSPS) is 6.11. The van der Waals surface area contributed by atoms with Crippen molar-refractivity contribution in [3.05, 3.63) is 0 Å². The molecule has 0 aliphatic rings. The number of rotatable bonds is 2. The maximum atomic E-state index is 9.51. The van der Waals surface area contributed by atoms with E-state index in [1.165, 1.54) is 0 Å². The van der Waals surface area contributed by atoms with Gasteiger partial charge in [-0.05, 0) is 0 Å². The van der Waals surface area contributed by atoms with Gasteiger partial charge in [-0.2, -0.15) is 0 Å². The Bertz CT molecular complexity index is 68.5. The molecule has 9 heavy (non-hydrogen) atoms. The number of halogens is 1. The van der Waals surface area contributed by atoms with Gasteiger partial charge in [0.15, 0.2) is 0 Å². The van der Waals surface area contributed by atoms with E-state index in [1.54, 1.807) is 0 Å². The first-order chi connectivity index (χ1) is 3.77.